The van der Waals surface area contributed by atoms with Crippen molar-refractivity contribution in [1.29, 1.82) is 0 Å². The van der Waals surface area contributed by atoms with Crippen LogP contribution in [-0.2, 0) is 16.1 Å². The number of carbonyl (C=O) groups is 3. The molecule has 0 aliphatic heterocycles. The second kappa shape index (κ2) is 10.1. The normalized spacial score (nSPS) is 10.0. The molecule has 9 heteroatoms. The van der Waals surface area contributed by atoms with Crippen LogP contribution in [0.3, 0.4) is 0 Å². The van der Waals surface area contributed by atoms with Crippen molar-refractivity contribution >= 4 is 29.1 Å². The lowest BCUT2D eigenvalue weighted by molar-refractivity contribution is -0.115. The maximum absolute atomic E-state index is 12.7. The average molecular weight is 415 g/mol. The Kier molecular flexibility index (Phi) is 7.62. The maximum atomic E-state index is 12.7. The van der Waals surface area contributed by atoms with Crippen molar-refractivity contribution in [1.82, 2.24) is 5.32 Å². The number of hydrogen-bond donors (Lipinski definition) is 3. The van der Waals surface area contributed by atoms with Crippen molar-refractivity contribution in [2.24, 2.45) is 0 Å². The van der Waals surface area contributed by atoms with E-state index in [4.69, 9.17) is 14.2 Å². The van der Waals surface area contributed by atoms with Gasteiger partial charge in [0.15, 0.2) is 11.5 Å². The Morgan fingerprint density at radius 3 is 1.70 bits per heavy atom. The van der Waals surface area contributed by atoms with Gasteiger partial charge in [0.05, 0.1) is 21.3 Å². The first-order chi connectivity index (χ1) is 14.3. The number of hydrogen-bond acceptors (Lipinski definition) is 6. The van der Waals surface area contributed by atoms with Crippen molar-refractivity contribution in [2.45, 2.75) is 20.4 Å². The van der Waals surface area contributed by atoms with Gasteiger partial charge in [0.1, 0.15) is 5.75 Å². The molecule has 2 aromatic carbocycles. The van der Waals surface area contributed by atoms with Gasteiger partial charge in [-0.3, -0.25) is 14.4 Å². The molecule has 3 N–H and O–H groups in total. The molecule has 0 unspecified atom stereocenters. The molecule has 3 amide bonds. The number of ether oxygens (including phenoxy) is 3. The van der Waals surface area contributed by atoms with Gasteiger partial charge in [-0.2, -0.15) is 0 Å². The zero-order valence-electron chi connectivity index (χ0n) is 17.5. The van der Waals surface area contributed by atoms with Gasteiger partial charge in [-0.25, -0.2) is 0 Å². The first-order valence-corrected chi connectivity index (χ1v) is 9.04. The van der Waals surface area contributed by atoms with E-state index in [1.165, 1.54) is 47.3 Å². The molecule has 2 rings (SSSR count). The van der Waals surface area contributed by atoms with Crippen LogP contribution in [0.5, 0.6) is 17.2 Å². The molecule has 0 radical (unpaired) electrons. The summed E-state index contributed by atoms with van der Waals surface area (Å²) in [6, 6.07) is 8.00. The Morgan fingerprint density at radius 2 is 1.23 bits per heavy atom. The number of carbonyl (C=O) groups excluding carboxylic acids is 3. The molecule has 0 heterocycles. The predicted octanol–water partition coefficient (Wildman–Crippen LogP) is 2.56. The summed E-state index contributed by atoms with van der Waals surface area (Å²) in [7, 11) is 4.56. The Balaban J connectivity index is 2.27. The molecule has 0 saturated carbocycles. The Labute approximate surface area is 174 Å². The van der Waals surface area contributed by atoms with E-state index in [-0.39, 0.29) is 23.9 Å². The van der Waals surface area contributed by atoms with Gasteiger partial charge in [0.2, 0.25) is 11.8 Å². The van der Waals surface area contributed by atoms with Crippen molar-refractivity contribution in [3.8, 4) is 17.2 Å². The fraction of sp³-hybridized carbons (Fsp3) is 0.286. The fourth-order valence-electron chi connectivity index (χ4n) is 2.82. The highest BCUT2D eigenvalue weighted by Crippen LogP contribution is 2.34. The van der Waals surface area contributed by atoms with Crippen LogP contribution in [0, 0.1) is 0 Å². The molecule has 160 valence electrons. The molecule has 0 aliphatic rings. The number of benzene rings is 2. The molecule has 0 saturated heterocycles. The number of methoxy groups -OCH3 is 3. The van der Waals surface area contributed by atoms with Crippen molar-refractivity contribution < 1.29 is 28.6 Å². The Bertz CT molecular complexity index is 924. The van der Waals surface area contributed by atoms with Crippen LogP contribution in [0.2, 0.25) is 0 Å². The van der Waals surface area contributed by atoms with Gasteiger partial charge in [0, 0.05) is 49.0 Å². The van der Waals surface area contributed by atoms with E-state index in [9.17, 15) is 14.4 Å². The first kappa shape index (κ1) is 22.5. The van der Waals surface area contributed by atoms with E-state index in [1.54, 1.807) is 18.2 Å². The second-order valence-electron chi connectivity index (χ2n) is 6.36. The quantitative estimate of drug-likeness (QED) is 0.610. The molecular formula is C21H25N3O6. The molecule has 0 spiro atoms. The summed E-state index contributed by atoms with van der Waals surface area (Å²) in [5, 5.41) is 8.02. The van der Waals surface area contributed by atoms with Gasteiger partial charge in [-0.05, 0) is 24.3 Å². The summed E-state index contributed by atoms with van der Waals surface area (Å²) < 4.78 is 15.9. The van der Waals surface area contributed by atoms with Crippen LogP contribution in [-0.4, -0.2) is 39.1 Å². The van der Waals surface area contributed by atoms with E-state index in [1.807, 2.05) is 0 Å². The van der Waals surface area contributed by atoms with Gasteiger partial charge < -0.3 is 30.2 Å². The van der Waals surface area contributed by atoms with Crippen molar-refractivity contribution in [2.75, 3.05) is 32.0 Å². The lowest BCUT2D eigenvalue weighted by Crippen LogP contribution is -2.23. The van der Waals surface area contributed by atoms with Crippen LogP contribution in [0.25, 0.3) is 0 Å². The number of amides is 3. The van der Waals surface area contributed by atoms with Gasteiger partial charge in [0.25, 0.3) is 5.91 Å². The van der Waals surface area contributed by atoms with E-state index in [0.717, 1.165) is 0 Å². The summed E-state index contributed by atoms with van der Waals surface area (Å²) in [5.74, 6) is 0.549. The standard InChI is InChI=1S/C21H25N3O6/c1-12(25)23-16-6-14(7-17(9-16)24-13(2)26)21(27)22-11-15-8-19(29-4)20(30-5)10-18(15)28-3/h6-10H,11H2,1-5H3,(H,22,27)(H,23,25)(H,24,26). The minimum atomic E-state index is -0.398. The fourth-order valence-corrected chi connectivity index (χ4v) is 2.82. The molecule has 0 bridgehead atoms. The van der Waals surface area contributed by atoms with Crippen LogP contribution in [0.1, 0.15) is 29.8 Å². The lowest BCUT2D eigenvalue weighted by atomic mass is 10.1. The second-order valence-corrected chi connectivity index (χ2v) is 6.36. The number of rotatable bonds is 8. The van der Waals surface area contributed by atoms with Crippen molar-refractivity contribution in [3.05, 3.63) is 41.5 Å². The largest absolute Gasteiger partial charge is 0.496 e. The van der Waals surface area contributed by atoms with Crippen LogP contribution >= 0.6 is 0 Å². The van der Waals surface area contributed by atoms with Crippen LogP contribution < -0.4 is 30.2 Å². The maximum Gasteiger partial charge on any atom is 0.251 e. The first-order valence-electron chi connectivity index (χ1n) is 9.04. The Morgan fingerprint density at radius 1 is 0.733 bits per heavy atom. The lowest BCUT2D eigenvalue weighted by Gasteiger charge is -2.15. The summed E-state index contributed by atoms with van der Waals surface area (Å²) in [4.78, 5) is 35.5. The zero-order valence-corrected chi connectivity index (χ0v) is 17.5. The summed E-state index contributed by atoms with van der Waals surface area (Å²) in [6.07, 6.45) is 0. The summed E-state index contributed by atoms with van der Waals surface area (Å²) in [6.45, 7) is 2.87. The van der Waals surface area contributed by atoms with Crippen LogP contribution in [0.4, 0.5) is 11.4 Å². The van der Waals surface area contributed by atoms with Crippen LogP contribution in [0.15, 0.2) is 30.3 Å². The van der Waals surface area contributed by atoms with E-state index in [0.29, 0.717) is 34.2 Å². The molecule has 0 atom stereocenters. The highest BCUT2D eigenvalue weighted by Gasteiger charge is 2.15. The average Bonchev–Trinajstić information content (AvgIpc) is 2.69. The summed E-state index contributed by atoms with van der Waals surface area (Å²) >= 11 is 0. The van der Waals surface area contributed by atoms with E-state index in [2.05, 4.69) is 16.0 Å². The molecule has 0 aromatic heterocycles. The molecule has 2 aromatic rings. The molecular weight excluding hydrogens is 390 g/mol. The zero-order chi connectivity index (χ0) is 22.3. The molecule has 0 aliphatic carbocycles. The number of nitrogens with one attached hydrogen (secondary N) is 3. The van der Waals surface area contributed by atoms with Gasteiger partial charge in [-0.15, -0.1) is 0 Å². The SMILES string of the molecule is COc1cc(OC)c(OC)cc1CNC(=O)c1cc(NC(C)=O)cc(NC(C)=O)c1. The minimum absolute atomic E-state index is 0.155. The third kappa shape index (κ3) is 5.87. The van der Waals surface area contributed by atoms with Gasteiger partial charge >= 0.3 is 0 Å². The van der Waals surface area contributed by atoms with E-state index < -0.39 is 5.91 Å². The Hall–Kier alpha value is -3.75. The third-order valence-electron chi connectivity index (χ3n) is 4.06. The topological polar surface area (TPSA) is 115 Å². The van der Waals surface area contributed by atoms with E-state index >= 15 is 0 Å². The van der Waals surface area contributed by atoms with Crippen molar-refractivity contribution in [3.63, 3.8) is 0 Å². The molecule has 9 nitrogen and oxygen atoms in total. The molecule has 0 fully saturated rings. The minimum Gasteiger partial charge on any atom is -0.496 e. The smallest absolute Gasteiger partial charge is 0.251 e. The monoisotopic (exact) mass is 415 g/mol. The predicted molar refractivity (Wildman–Crippen MR) is 112 cm³/mol. The molecule has 30 heavy (non-hydrogen) atoms. The number of anilines is 2. The highest BCUT2D eigenvalue weighted by molar-refractivity contribution is 5.99. The summed E-state index contributed by atoms with van der Waals surface area (Å²) in [5.41, 5.74) is 1.73. The highest BCUT2D eigenvalue weighted by atomic mass is 16.5. The van der Waals surface area contributed by atoms with Gasteiger partial charge in [-0.1, -0.05) is 0 Å². The third-order valence-corrected chi connectivity index (χ3v) is 4.06.